The number of ether oxygens (including phenoxy) is 1. The third kappa shape index (κ3) is 7.45. The molecule has 0 aromatic heterocycles. The second-order valence-electron chi connectivity index (χ2n) is 6.30. The molecule has 0 N–H and O–H groups in total. The Kier molecular flexibility index (Phi) is 9.27. The van der Waals surface area contributed by atoms with Crippen molar-refractivity contribution in [3.05, 3.63) is 37.0 Å². The largest absolute Gasteiger partial charge is 0.393 e. The first-order valence-corrected chi connectivity index (χ1v) is 8.77. The molecule has 1 saturated heterocycles. The summed E-state index contributed by atoms with van der Waals surface area (Å²) in [4.78, 5) is 23.2. The van der Waals surface area contributed by atoms with Gasteiger partial charge in [-0.2, -0.15) is 0 Å². The number of carbonyl (C=O) groups is 2. The van der Waals surface area contributed by atoms with Crippen LogP contribution in [-0.4, -0.2) is 11.9 Å². The molecular formula is C20H30O3. The molecule has 0 aliphatic carbocycles. The maximum atomic E-state index is 11.8. The Bertz CT molecular complexity index is 448. The van der Waals surface area contributed by atoms with E-state index >= 15 is 0 Å². The molecule has 23 heavy (non-hydrogen) atoms. The van der Waals surface area contributed by atoms with Gasteiger partial charge in [0, 0.05) is 0 Å². The summed E-state index contributed by atoms with van der Waals surface area (Å²) in [5.74, 6) is -0.443. The van der Waals surface area contributed by atoms with Crippen molar-refractivity contribution in [3.63, 3.8) is 0 Å². The van der Waals surface area contributed by atoms with Crippen LogP contribution in [0.15, 0.2) is 37.0 Å². The van der Waals surface area contributed by atoms with Crippen LogP contribution in [0.1, 0.15) is 58.8 Å². The van der Waals surface area contributed by atoms with E-state index in [1.807, 2.05) is 6.08 Å². The summed E-state index contributed by atoms with van der Waals surface area (Å²) in [6, 6.07) is 0. The van der Waals surface area contributed by atoms with E-state index in [-0.39, 0.29) is 30.2 Å². The van der Waals surface area contributed by atoms with Gasteiger partial charge in [-0.1, -0.05) is 44.2 Å². The summed E-state index contributed by atoms with van der Waals surface area (Å²) >= 11 is 0. The third-order valence-electron chi connectivity index (χ3n) is 4.31. The van der Waals surface area contributed by atoms with Crippen LogP contribution < -0.4 is 0 Å². The average molecular weight is 318 g/mol. The molecule has 3 nitrogen and oxygen atoms in total. The lowest BCUT2D eigenvalue weighted by Crippen LogP contribution is -2.18. The highest BCUT2D eigenvalue weighted by Gasteiger charge is 2.37. The van der Waals surface area contributed by atoms with E-state index in [2.05, 4.69) is 44.7 Å². The number of carbonyl (C=O) groups excluding carboxylic acids is 2. The molecule has 3 unspecified atom stereocenters. The average Bonchev–Trinajstić information content (AvgIpc) is 2.87. The molecule has 0 aromatic rings. The third-order valence-corrected chi connectivity index (χ3v) is 4.31. The molecule has 1 fully saturated rings. The summed E-state index contributed by atoms with van der Waals surface area (Å²) in [5.41, 5.74) is 0. The van der Waals surface area contributed by atoms with Crippen LogP contribution in [0.2, 0.25) is 0 Å². The van der Waals surface area contributed by atoms with Gasteiger partial charge in [0.25, 0.3) is 0 Å². The number of hydrogen-bond donors (Lipinski definition) is 0. The maximum absolute atomic E-state index is 11.8. The lowest BCUT2D eigenvalue weighted by Gasteiger charge is -2.16. The standard InChI is InChI=1S/C20H30O3/c1-4-6-7-8-9-13-17(14-11-10-12-16(3)5-2)18-15-19(21)23-20(18)22/h5-7,11,14,16-18H,2,4,8-10,12-13,15H2,1,3H3. The molecule has 1 aliphatic heterocycles. The van der Waals surface area contributed by atoms with Gasteiger partial charge in [0.15, 0.2) is 0 Å². The Morgan fingerprint density at radius 2 is 2.00 bits per heavy atom. The Morgan fingerprint density at radius 1 is 1.22 bits per heavy atom. The minimum atomic E-state index is -0.385. The summed E-state index contributed by atoms with van der Waals surface area (Å²) < 4.78 is 4.72. The molecule has 0 amide bonds. The van der Waals surface area contributed by atoms with Crippen LogP contribution >= 0.6 is 0 Å². The second kappa shape index (κ2) is 11.0. The highest BCUT2D eigenvalue weighted by Crippen LogP contribution is 2.29. The van der Waals surface area contributed by atoms with Crippen molar-refractivity contribution in [1.82, 2.24) is 0 Å². The molecule has 0 saturated carbocycles. The van der Waals surface area contributed by atoms with Gasteiger partial charge in [0.2, 0.25) is 0 Å². The first-order chi connectivity index (χ1) is 11.1. The molecule has 0 bridgehead atoms. The Balaban J connectivity index is 2.55. The summed E-state index contributed by atoms with van der Waals surface area (Å²) in [7, 11) is 0. The van der Waals surface area contributed by atoms with Gasteiger partial charge in [0.05, 0.1) is 12.3 Å². The zero-order valence-electron chi connectivity index (χ0n) is 14.5. The van der Waals surface area contributed by atoms with E-state index in [1.54, 1.807) is 0 Å². The lowest BCUT2D eigenvalue weighted by molar-refractivity contribution is -0.153. The van der Waals surface area contributed by atoms with Crippen LogP contribution in [0.5, 0.6) is 0 Å². The minimum Gasteiger partial charge on any atom is -0.393 e. The van der Waals surface area contributed by atoms with Crippen molar-refractivity contribution in [2.45, 2.75) is 58.8 Å². The first-order valence-electron chi connectivity index (χ1n) is 8.77. The van der Waals surface area contributed by atoms with Crippen molar-refractivity contribution in [3.8, 4) is 0 Å². The number of cyclic esters (lactones) is 2. The monoisotopic (exact) mass is 318 g/mol. The van der Waals surface area contributed by atoms with Crippen molar-refractivity contribution in [1.29, 1.82) is 0 Å². The normalized spacial score (nSPS) is 21.0. The Hall–Kier alpha value is -1.64. The maximum Gasteiger partial charge on any atom is 0.317 e. The van der Waals surface area contributed by atoms with Crippen LogP contribution in [0, 0.1) is 17.8 Å². The smallest absolute Gasteiger partial charge is 0.317 e. The molecule has 3 atom stereocenters. The van der Waals surface area contributed by atoms with Crippen molar-refractivity contribution in [2.75, 3.05) is 0 Å². The fourth-order valence-electron chi connectivity index (χ4n) is 2.75. The number of esters is 2. The van der Waals surface area contributed by atoms with Crippen LogP contribution in [-0.2, 0) is 14.3 Å². The van der Waals surface area contributed by atoms with Crippen LogP contribution in [0.3, 0.4) is 0 Å². The van der Waals surface area contributed by atoms with E-state index in [4.69, 9.17) is 4.74 Å². The molecule has 0 spiro atoms. The second-order valence-corrected chi connectivity index (χ2v) is 6.30. The predicted octanol–water partition coefficient (Wildman–Crippen LogP) is 4.99. The minimum absolute atomic E-state index is 0.100. The number of unbranched alkanes of at least 4 members (excludes halogenated alkanes) is 1. The van der Waals surface area contributed by atoms with E-state index < -0.39 is 0 Å². The highest BCUT2D eigenvalue weighted by atomic mass is 16.6. The Morgan fingerprint density at radius 3 is 2.61 bits per heavy atom. The van der Waals surface area contributed by atoms with Gasteiger partial charge in [0.1, 0.15) is 0 Å². The van der Waals surface area contributed by atoms with E-state index in [9.17, 15) is 9.59 Å². The van der Waals surface area contributed by atoms with Gasteiger partial charge in [-0.3, -0.25) is 9.59 Å². The summed E-state index contributed by atoms with van der Waals surface area (Å²) in [6.45, 7) is 8.05. The van der Waals surface area contributed by atoms with Gasteiger partial charge < -0.3 is 4.74 Å². The topological polar surface area (TPSA) is 43.4 Å². The molecule has 0 radical (unpaired) electrons. The molecule has 1 heterocycles. The zero-order valence-corrected chi connectivity index (χ0v) is 14.5. The molecule has 128 valence electrons. The van der Waals surface area contributed by atoms with Crippen molar-refractivity contribution in [2.24, 2.45) is 17.8 Å². The van der Waals surface area contributed by atoms with Crippen LogP contribution in [0.25, 0.3) is 0 Å². The Labute approximate surface area is 140 Å². The highest BCUT2D eigenvalue weighted by molar-refractivity contribution is 5.94. The fraction of sp³-hybridized carbons (Fsp3) is 0.600. The quantitative estimate of drug-likeness (QED) is 0.233. The SMILES string of the molecule is C=CC(C)CCC=CC(CCCC=CCC)C1CC(=O)OC1=O. The van der Waals surface area contributed by atoms with Crippen LogP contribution in [0.4, 0.5) is 0 Å². The summed E-state index contributed by atoms with van der Waals surface area (Å²) in [5, 5.41) is 0. The molecule has 1 rings (SSSR count). The fourth-order valence-corrected chi connectivity index (χ4v) is 2.75. The van der Waals surface area contributed by atoms with Crippen molar-refractivity contribution < 1.29 is 14.3 Å². The predicted molar refractivity (Wildman–Crippen MR) is 93.7 cm³/mol. The number of hydrogen-bond acceptors (Lipinski definition) is 3. The molecule has 1 aliphatic rings. The first kappa shape index (κ1) is 19.4. The van der Waals surface area contributed by atoms with Gasteiger partial charge in [-0.15, -0.1) is 6.58 Å². The van der Waals surface area contributed by atoms with E-state index in [0.29, 0.717) is 5.92 Å². The summed E-state index contributed by atoms with van der Waals surface area (Å²) in [6.07, 6.45) is 16.8. The number of allylic oxidation sites excluding steroid dienone is 5. The molecule has 3 heteroatoms. The molecular weight excluding hydrogens is 288 g/mol. The van der Waals surface area contributed by atoms with Gasteiger partial charge >= 0.3 is 11.9 Å². The lowest BCUT2D eigenvalue weighted by atomic mass is 9.86. The zero-order chi connectivity index (χ0) is 17.1. The van der Waals surface area contributed by atoms with Gasteiger partial charge in [-0.25, -0.2) is 0 Å². The van der Waals surface area contributed by atoms with Gasteiger partial charge in [-0.05, 0) is 50.4 Å². The number of rotatable bonds is 11. The molecule has 0 aromatic carbocycles. The van der Waals surface area contributed by atoms with E-state index in [0.717, 1.165) is 38.5 Å². The van der Waals surface area contributed by atoms with Crippen molar-refractivity contribution >= 4 is 11.9 Å². The van der Waals surface area contributed by atoms with E-state index in [1.165, 1.54) is 0 Å².